The van der Waals surface area contributed by atoms with Gasteiger partial charge in [0.1, 0.15) is 11.5 Å². The Kier molecular flexibility index (Phi) is 3.60. The summed E-state index contributed by atoms with van der Waals surface area (Å²) in [7, 11) is 1.68. The zero-order valence-electron chi connectivity index (χ0n) is 11.6. The highest BCUT2D eigenvalue weighted by Crippen LogP contribution is 2.31. The molecule has 0 saturated carbocycles. The fourth-order valence-electron chi connectivity index (χ4n) is 2.57. The summed E-state index contributed by atoms with van der Waals surface area (Å²) in [5.41, 5.74) is 2.41. The molecule has 1 aromatic carbocycles. The number of benzene rings is 1. The van der Waals surface area contributed by atoms with Crippen molar-refractivity contribution in [3.8, 4) is 5.75 Å². The van der Waals surface area contributed by atoms with Crippen LogP contribution in [0.5, 0.6) is 5.75 Å². The normalized spacial score (nSPS) is 24.2. The number of methoxy groups -OCH3 is 1. The molecule has 1 aromatic rings. The highest BCUT2D eigenvalue weighted by atomic mass is 16.5. The van der Waals surface area contributed by atoms with Crippen LogP contribution in [-0.2, 0) is 4.79 Å². The third kappa shape index (κ3) is 2.22. The van der Waals surface area contributed by atoms with E-state index in [1.54, 1.807) is 7.11 Å². The SMILES string of the molecule is COc1ccc(C)c(N2CCC(=O)C(C)C2C)c1. The van der Waals surface area contributed by atoms with Crippen molar-refractivity contribution >= 4 is 11.5 Å². The summed E-state index contributed by atoms with van der Waals surface area (Å²) < 4.78 is 5.29. The molecule has 3 heteroatoms. The number of piperidine rings is 1. The first-order chi connectivity index (χ1) is 8.54. The highest BCUT2D eigenvalue weighted by molar-refractivity contribution is 5.84. The van der Waals surface area contributed by atoms with Gasteiger partial charge < -0.3 is 9.64 Å². The summed E-state index contributed by atoms with van der Waals surface area (Å²) in [5.74, 6) is 1.34. The van der Waals surface area contributed by atoms with E-state index >= 15 is 0 Å². The summed E-state index contributed by atoms with van der Waals surface area (Å²) in [6.45, 7) is 7.05. The smallest absolute Gasteiger partial charge is 0.139 e. The van der Waals surface area contributed by atoms with E-state index in [-0.39, 0.29) is 12.0 Å². The second-order valence-electron chi connectivity index (χ2n) is 5.09. The number of ketones is 1. The lowest BCUT2D eigenvalue weighted by atomic mass is 9.90. The first-order valence-electron chi connectivity index (χ1n) is 6.48. The predicted octanol–water partition coefficient (Wildman–Crippen LogP) is 2.81. The number of anilines is 1. The Morgan fingerprint density at radius 2 is 2.06 bits per heavy atom. The van der Waals surface area contributed by atoms with Crippen LogP contribution in [0.25, 0.3) is 0 Å². The van der Waals surface area contributed by atoms with Crippen molar-refractivity contribution in [2.45, 2.75) is 33.2 Å². The second-order valence-corrected chi connectivity index (χ2v) is 5.09. The molecule has 1 aliphatic heterocycles. The average Bonchev–Trinajstić information content (AvgIpc) is 2.37. The summed E-state index contributed by atoms with van der Waals surface area (Å²) >= 11 is 0. The Morgan fingerprint density at radius 3 is 2.72 bits per heavy atom. The van der Waals surface area contributed by atoms with Crippen LogP contribution in [0.4, 0.5) is 5.69 Å². The van der Waals surface area contributed by atoms with Gasteiger partial charge in [0.25, 0.3) is 0 Å². The first kappa shape index (κ1) is 12.9. The first-order valence-corrected chi connectivity index (χ1v) is 6.48. The third-order valence-corrected chi connectivity index (χ3v) is 4.05. The molecular weight excluding hydrogens is 226 g/mol. The third-order valence-electron chi connectivity index (χ3n) is 4.05. The maximum absolute atomic E-state index is 11.7. The summed E-state index contributed by atoms with van der Waals surface area (Å²) in [4.78, 5) is 14.1. The Morgan fingerprint density at radius 1 is 1.33 bits per heavy atom. The Bertz CT molecular complexity index is 456. The van der Waals surface area contributed by atoms with Crippen molar-refractivity contribution < 1.29 is 9.53 Å². The number of carbonyl (C=O) groups excluding carboxylic acids is 1. The van der Waals surface area contributed by atoms with E-state index in [4.69, 9.17) is 4.74 Å². The van der Waals surface area contributed by atoms with Crippen LogP contribution < -0.4 is 9.64 Å². The van der Waals surface area contributed by atoms with E-state index in [1.165, 1.54) is 11.3 Å². The highest BCUT2D eigenvalue weighted by Gasteiger charge is 2.31. The quantitative estimate of drug-likeness (QED) is 0.805. The maximum Gasteiger partial charge on any atom is 0.139 e. The summed E-state index contributed by atoms with van der Waals surface area (Å²) in [5, 5.41) is 0. The topological polar surface area (TPSA) is 29.5 Å². The number of nitrogens with zero attached hydrogens (tertiary/aromatic N) is 1. The minimum Gasteiger partial charge on any atom is -0.497 e. The van der Waals surface area contributed by atoms with Crippen molar-refractivity contribution in [2.24, 2.45) is 5.92 Å². The van der Waals surface area contributed by atoms with Gasteiger partial charge in [0.15, 0.2) is 0 Å². The lowest BCUT2D eigenvalue weighted by molar-refractivity contribution is -0.123. The largest absolute Gasteiger partial charge is 0.497 e. The number of Topliss-reactive ketones (excluding diaryl/α,β-unsaturated/α-hetero) is 1. The van der Waals surface area contributed by atoms with Gasteiger partial charge in [-0.25, -0.2) is 0 Å². The molecule has 0 aliphatic carbocycles. The second kappa shape index (κ2) is 5.01. The molecule has 3 nitrogen and oxygen atoms in total. The molecule has 0 bridgehead atoms. The molecular formula is C15H21NO2. The number of hydrogen-bond donors (Lipinski definition) is 0. The molecule has 1 aliphatic rings. The van der Waals surface area contributed by atoms with E-state index in [2.05, 4.69) is 30.9 Å². The van der Waals surface area contributed by atoms with E-state index in [1.807, 2.05) is 13.0 Å². The molecule has 1 heterocycles. The van der Waals surface area contributed by atoms with Crippen LogP contribution in [0, 0.1) is 12.8 Å². The minimum absolute atomic E-state index is 0.101. The van der Waals surface area contributed by atoms with E-state index in [0.29, 0.717) is 12.2 Å². The molecule has 0 N–H and O–H groups in total. The zero-order chi connectivity index (χ0) is 13.3. The molecule has 0 radical (unpaired) electrons. The molecule has 1 fully saturated rings. The molecule has 2 rings (SSSR count). The van der Waals surface area contributed by atoms with Crippen LogP contribution in [0.2, 0.25) is 0 Å². The van der Waals surface area contributed by atoms with Gasteiger partial charge in [-0.05, 0) is 25.5 Å². The van der Waals surface area contributed by atoms with Crippen molar-refractivity contribution in [2.75, 3.05) is 18.6 Å². The number of carbonyl (C=O) groups is 1. The maximum atomic E-state index is 11.7. The van der Waals surface area contributed by atoms with Crippen molar-refractivity contribution in [1.82, 2.24) is 0 Å². The lowest BCUT2D eigenvalue weighted by Crippen LogP contribution is -2.47. The summed E-state index contributed by atoms with van der Waals surface area (Å²) in [6.07, 6.45) is 0.641. The van der Waals surface area contributed by atoms with Gasteiger partial charge >= 0.3 is 0 Å². The van der Waals surface area contributed by atoms with E-state index < -0.39 is 0 Å². The van der Waals surface area contributed by atoms with Gasteiger partial charge in [0.05, 0.1) is 7.11 Å². The molecule has 0 amide bonds. The van der Waals surface area contributed by atoms with E-state index in [9.17, 15) is 4.79 Å². The predicted molar refractivity (Wildman–Crippen MR) is 73.3 cm³/mol. The zero-order valence-corrected chi connectivity index (χ0v) is 11.6. The molecule has 98 valence electrons. The molecule has 18 heavy (non-hydrogen) atoms. The number of aryl methyl sites for hydroxylation is 1. The van der Waals surface area contributed by atoms with Crippen LogP contribution >= 0.6 is 0 Å². The Hall–Kier alpha value is -1.51. The van der Waals surface area contributed by atoms with Gasteiger partial charge in [0, 0.05) is 36.7 Å². The van der Waals surface area contributed by atoms with Gasteiger partial charge in [-0.3, -0.25) is 4.79 Å². The number of rotatable bonds is 2. The molecule has 0 aromatic heterocycles. The van der Waals surface area contributed by atoms with Gasteiger partial charge in [0.2, 0.25) is 0 Å². The van der Waals surface area contributed by atoms with Gasteiger partial charge in [-0.15, -0.1) is 0 Å². The van der Waals surface area contributed by atoms with Crippen LogP contribution in [0.15, 0.2) is 18.2 Å². The van der Waals surface area contributed by atoms with E-state index in [0.717, 1.165) is 12.3 Å². The number of hydrogen-bond acceptors (Lipinski definition) is 3. The molecule has 2 unspecified atom stereocenters. The standard InChI is InChI=1S/C15H21NO2/c1-10-5-6-13(18-4)9-14(10)16-8-7-15(17)11(2)12(16)3/h5-6,9,11-12H,7-8H2,1-4H3. The van der Waals surface area contributed by atoms with Crippen LogP contribution in [-0.4, -0.2) is 25.5 Å². The Labute approximate surface area is 109 Å². The summed E-state index contributed by atoms with van der Waals surface area (Å²) in [6, 6.07) is 6.36. The van der Waals surface area contributed by atoms with Gasteiger partial charge in [-0.1, -0.05) is 13.0 Å². The van der Waals surface area contributed by atoms with Crippen molar-refractivity contribution in [3.05, 3.63) is 23.8 Å². The van der Waals surface area contributed by atoms with Crippen molar-refractivity contribution in [1.29, 1.82) is 0 Å². The average molecular weight is 247 g/mol. The molecule has 1 saturated heterocycles. The van der Waals surface area contributed by atoms with Crippen LogP contribution in [0.3, 0.4) is 0 Å². The van der Waals surface area contributed by atoms with Crippen molar-refractivity contribution in [3.63, 3.8) is 0 Å². The Balaban J connectivity index is 2.33. The lowest BCUT2D eigenvalue weighted by Gasteiger charge is -2.39. The monoisotopic (exact) mass is 247 g/mol. The molecule has 2 atom stereocenters. The fourth-order valence-corrected chi connectivity index (χ4v) is 2.57. The minimum atomic E-state index is 0.101. The van der Waals surface area contributed by atoms with Gasteiger partial charge in [-0.2, -0.15) is 0 Å². The molecule has 0 spiro atoms. The van der Waals surface area contributed by atoms with Crippen LogP contribution in [0.1, 0.15) is 25.8 Å². The fraction of sp³-hybridized carbons (Fsp3) is 0.533. The number of ether oxygens (including phenoxy) is 1.